The van der Waals surface area contributed by atoms with Gasteiger partial charge in [0.15, 0.2) is 9.84 Å². The lowest BCUT2D eigenvalue weighted by atomic mass is 9.94. The second-order valence-corrected chi connectivity index (χ2v) is 7.84. The summed E-state index contributed by atoms with van der Waals surface area (Å²) in [7, 11) is -1.31. The maximum absolute atomic E-state index is 12.4. The Morgan fingerprint density at radius 2 is 2.00 bits per heavy atom. The summed E-state index contributed by atoms with van der Waals surface area (Å²) in [5.74, 6) is 0.106. The van der Waals surface area contributed by atoms with Crippen molar-refractivity contribution in [3.05, 3.63) is 29.8 Å². The second kappa shape index (κ2) is 7.06. The quantitative estimate of drug-likeness (QED) is 0.839. The molecular formula is C16H22N2O2S. The molecule has 0 amide bonds. The standard InChI is InChI=1S/C16H22N2O2S/c1-18(15-7-3-2-4-8-15)10-11-21(19,20)16-9-5-6-14(12-16)13-17/h5-6,9,12,15H,2-4,7-8,10-11H2,1H3. The SMILES string of the molecule is CN(CCS(=O)(=O)c1cccc(C#N)c1)C1CCCCC1. The van der Waals surface area contributed by atoms with Gasteiger partial charge >= 0.3 is 0 Å². The molecule has 0 saturated heterocycles. The molecule has 0 heterocycles. The molecule has 0 atom stereocenters. The summed E-state index contributed by atoms with van der Waals surface area (Å²) in [5.41, 5.74) is 0.386. The Bertz CT molecular complexity index is 613. The van der Waals surface area contributed by atoms with Crippen molar-refractivity contribution in [3.8, 4) is 6.07 Å². The molecule has 1 aromatic carbocycles. The van der Waals surface area contributed by atoms with Crippen LogP contribution in [0.25, 0.3) is 0 Å². The molecular weight excluding hydrogens is 284 g/mol. The lowest BCUT2D eigenvalue weighted by Gasteiger charge is -2.31. The molecule has 1 aromatic rings. The van der Waals surface area contributed by atoms with E-state index < -0.39 is 9.84 Å². The zero-order valence-corrected chi connectivity index (χ0v) is 13.3. The van der Waals surface area contributed by atoms with Crippen LogP contribution in [0.2, 0.25) is 0 Å². The highest BCUT2D eigenvalue weighted by Gasteiger charge is 2.21. The fourth-order valence-corrected chi connectivity index (χ4v) is 4.20. The number of nitrogens with zero attached hydrogens (tertiary/aromatic N) is 2. The monoisotopic (exact) mass is 306 g/mol. The van der Waals surface area contributed by atoms with E-state index in [2.05, 4.69) is 4.90 Å². The van der Waals surface area contributed by atoms with Crippen molar-refractivity contribution in [3.63, 3.8) is 0 Å². The van der Waals surface area contributed by atoms with E-state index in [1.54, 1.807) is 18.2 Å². The van der Waals surface area contributed by atoms with E-state index in [4.69, 9.17) is 5.26 Å². The van der Waals surface area contributed by atoms with Gasteiger partial charge in [-0.2, -0.15) is 5.26 Å². The molecule has 1 saturated carbocycles. The first-order valence-corrected chi connectivity index (χ1v) is 9.11. The summed E-state index contributed by atoms with van der Waals surface area (Å²) >= 11 is 0. The minimum Gasteiger partial charge on any atom is -0.302 e. The highest BCUT2D eigenvalue weighted by molar-refractivity contribution is 7.91. The van der Waals surface area contributed by atoms with Gasteiger partial charge in [0, 0.05) is 12.6 Å². The van der Waals surface area contributed by atoms with Crippen LogP contribution in [-0.4, -0.2) is 38.7 Å². The largest absolute Gasteiger partial charge is 0.302 e. The lowest BCUT2D eigenvalue weighted by molar-refractivity contribution is 0.201. The van der Waals surface area contributed by atoms with Gasteiger partial charge in [0.05, 0.1) is 22.3 Å². The van der Waals surface area contributed by atoms with Crippen molar-refractivity contribution in [2.45, 2.75) is 43.0 Å². The fraction of sp³-hybridized carbons (Fsp3) is 0.562. The summed E-state index contributed by atoms with van der Waals surface area (Å²) in [4.78, 5) is 2.42. The average Bonchev–Trinajstić information content (AvgIpc) is 2.53. The normalized spacial score (nSPS) is 16.8. The number of benzene rings is 1. The number of hydrogen-bond donors (Lipinski definition) is 0. The third-order valence-corrected chi connectivity index (χ3v) is 5.93. The first-order chi connectivity index (χ1) is 10.0. The molecule has 0 bridgehead atoms. The third-order valence-electron chi connectivity index (χ3n) is 4.23. The van der Waals surface area contributed by atoms with Crippen LogP contribution in [0.3, 0.4) is 0 Å². The van der Waals surface area contributed by atoms with Gasteiger partial charge in [-0.05, 0) is 38.1 Å². The van der Waals surface area contributed by atoms with E-state index in [0.717, 1.165) is 0 Å². The van der Waals surface area contributed by atoms with Gasteiger partial charge in [-0.15, -0.1) is 0 Å². The molecule has 0 aliphatic heterocycles. The minimum atomic E-state index is -3.32. The van der Waals surface area contributed by atoms with Crippen molar-refractivity contribution in [2.75, 3.05) is 19.3 Å². The molecule has 1 fully saturated rings. The van der Waals surface area contributed by atoms with Gasteiger partial charge in [0.25, 0.3) is 0 Å². The van der Waals surface area contributed by atoms with E-state index in [1.165, 1.54) is 38.2 Å². The summed E-state index contributed by atoms with van der Waals surface area (Å²) in [6.07, 6.45) is 6.11. The van der Waals surface area contributed by atoms with Gasteiger partial charge in [-0.1, -0.05) is 25.3 Å². The molecule has 21 heavy (non-hydrogen) atoms. The molecule has 0 aromatic heterocycles. The number of hydrogen-bond acceptors (Lipinski definition) is 4. The predicted molar refractivity (Wildman–Crippen MR) is 82.7 cm³/mol. The minimum absolute atomic E-state index is 0.106. The highest BCUT2D eigenvalue weighted by Crippen LogP contribution is 2.22. The van der Waals surface area contributed by atoms with E-state index >= 15 is 0 Å². The molecule has 2 rings (SSSR count). The maximum atomic E-state index is 12.4. The highest BCUT2D eigenvalue weighted by atomic mass is 32.2. The zero-order valence-electron chi connectivity index (χ0n) is 12.5. The number of nitriles is 1. The van der Waals surface area contributed by atoms with Crippen molar-refractivity contribution >= 4 is 9.84 Å². The Balaban J connectivity index is 1.99. The Morgan fingerprint density at radius 1 is 1.29 bits per heavy atom. The van der Waals surface area contributed by atoms with Crippen molar-refractivity contribution in [1.29, 1.82) is 5.26 Å². The van der Waals surface area contributed by atoms with Crippen molar-refractivity contribution < 1.29 is 8.42 Å². The number of rotatable bonds is 5. The first-order valence-electron chi connectivity index (χ1n) is 7.46. The van der Waals surface area contributed by atoms with E-state index in [0.29, 0.717) is 18.2 Å². The van der Waals surface area contributed by atoms with E-state index in [-0.39, 0.29) is 10.6 Å². The molecule has 4 nitrogen and oxygen atoms in total. The molecule has 1 aliphatic carbocycles. The zero-order chi connectivity index (χ0) is 15.3. The summed E-state index contributed by atoms with van der Waals surface area (Å²) in [6.45, 7) is 0.545. The molecule has 114 valence electrons. The Labute approximate surface area is 127 Å². The van der Waals surface area contributed by atoms with Crippen LogP contribution in [0.1, 0.15) is 37.7 Å². The fourth-order valence-electron chi connectivity index (χ4n) is 2.85. The first kappa shape index (κ1) is 16.0. The van der Waals surface area contributed by atoms with Crippen LogP contribution in [0, 0.1) is 11.3 Å². The Morgan fingerprint density at radius 3 is 2.67 bits per heavy atom. The molecule has 0 radical (unpaired) electrons. The Hall–Kier alpha value is -1.38. The average molecular weight is 306 g/mol. The van der Waals surface area contributed by atoms with Gasteiger partial charge in [0.1, 0.15) is 0 Å². The molecule has 0 unspecified atom stereocenters. The molecule has 1 aliphatic rings. The summed E-state index contributed by atoms with van der Waals surface area (Å²) in [6, 6.07) is 8.75. The lowest BCUT2D eigenvalue weighted by Crippen LogP contribution is -2.36. The van der Waals surface area contributed by atoms with Gasteiger partial charge in [0.2, 0.25) is 0 Å². The van der Waals surface area contributed by atoms with Crippen LogP contribution in [0.5, 0.6) is 0 Å². The van der Waals surface area contributed by atoms with E-state index in [1.807, 2.05) is 13.1 Å². The summed E-state index contributed by atoms with van der Waals surface area (Å²) < 4.78 is 24.7. The van der Waals surface area contributed by atoms with Crippen molar-refractivity contribution in [1.82, 2.24) is 4.90 Å². The Kier molecular flexibility index (Phi) is 5.38. The second-order valence-electron chi connectivity index (χ2n) is 5.73. The van der Waals surface area contributed by atoms with Gasteiger partial charge < -0.3 is 4.90 Å². The van der Waals surface area contributed by atoms with Crippen LogP contribution in [0.4, 0.5) is 0 Å². The van der Waals surface area contributed by atoms with Crippen LogP contribution in [-0.2, 0) is 9.84 Å². The topological polar surface area (TPSA) is 61.2 Å². The van der Waals surface area contributed by atoms with E-state index in [9.17, 15) is 8.42 Å². The third kappa shape index (κ3) is 4.29. The van der Waals surface area contributed by atoms with Gasteiger partial charge in [-0.25, -0.2) is 8.42 Å². The maximum Gasteiger partial charge on any atom is 0.179 e. The predicted octanol–water partition coefficient (Wildman–Crippen LogP) is 2.60. The van der Waals surface area contributed by atoms with Crippen LogP contribution < -0.4 is 0 Å². The molecule has 0 spiro atoms. The van der Waals surface area contributed by atoms with Gasteiger partial charge in [-0.3, -0.25) is 0 Å². The summed E-state index contributed by atoms with van der Waals surface area (Å²) in [5, 5.41) is 8.86. The molecule has 5 heteroatoms. The van der Waals surface area contributed by atoms with Crippen molar-refractivity contribution in [2.24, 2.45) is 0 Å². The number of sulfone groups is 1. The smallest absolute Gasteiger partial charge is 0.179 e. The molecule has 0 N–H and O–H groups in total. The van der Waals surface area contributed by atoms with Crippen LogP contribution in [0.15, 0.2) is 29.2 Å². The van der Waals surface area contributed by atoms with Crippen LogP contribution >= 0.6 is 0 Å².